The Morgan fingerprint density at radius 3 is 2.33 bits per heavy atom. The van der Waals surface area contributed by atoms with Crippen LogP contribution in [0.5, 0.6) is 5.75 Å². The van der Waals surface area contributed by atoms with Gasteiger partial charge in [-0.1, -0.05) is 35.9 Å². The van der Waals surface area contributed by atoms with Gasteiger partial charge in [-0.15, -0.1) is 0 Å². The van der Waals surface area contributed by atoms with Crippen molar-refractivity contribution < 1.29 is 17.9 Å². The summed E-state index contributed by atoms with van der Waals surface area (Å²) in [6.07, 6.45) is 1.09. The van der Waals surface area contributed by atoms with Crippen molar-refractivity contribution in [3.05, 3.63) is 59.7 Å². The van der Waals surface area contributed by atoms with Gasteiger partial charge in [0.2, 0.25) is 15.9 Å². The predicted molar refractivity (Wildman–Crippen MR) is 108 cm³/mol. The van der Waals surface area contributed by atoms with Crippen LogP contribution in [0.15, 0.2) is 48.5 Å². The minimum atomic E-state index is -3.59. The highest BCUT2D eigenvalue weighted by Gasteiger charge is 2.22. The number of rotatable bonds is 8. The third kappa shape index (κ3) is 6.29. The number of nitrogens with one attached hydrogen (secondary N) is 1. The number of carbonyl (C=O) groups is 1. The maximum absolute atomic E-state index is 12.4. The first-order valence-corrected chi connectivity index (χ1v) is 10.5. The molecule has 7 heteroatoms. The summed E-state index contributed by atoms with van der Waals surface area (Å²) in [5.74, 6) is 0.336. The number of para-hydroxylation sites is 1. The lowest BCUT2D eigenvalue weighted by atomic mass is 10.2. The molecule has 1 N–H and O–H groups in total. The lowest BCUT2D eigenvalue weighted by molar-refractivity contribution is -0.120. The van der Waals surface area contributed by atoms with Crippen LogP contribution < -0.4 is 14.4 Å². The molecule has 1 amide bonds. The van der Waals surface area contributed by atoms with Gasteiger partial charge in [0.15, 0.2) is 0 Å². The number of hydrogen-bond donors (Lipinski definition) is 1. The molecule has 0 bridgehead atoms. The van der Waals surface area contributed by atoms with Crippen molar-refractivity contribution in [1.29, 1.82) is 0 Å². The zero-order valence-electron chi connectivity index (χ0n) is 16.1. The molecular formula is C20H26N2O4S. The Kier molecular flexibility index (Phi) is 6.85. The number of carbonyl (C=O) groups excluding carboxylic acids is 1. The maximum Gasteiger partial charge on any atom is 0.241 e. The number of amides is 1. The summed E-state index contributed by atoms with van der Waals surface area (Å²) in [4.78, 5) is 12.4. The third-order valence-corrected chi connectivity index (χ3v) is 5.13. The van der Waals surface area contributed by atoms with E-state index in [4.69, 9.17) is 4.74 Å². The van der Waals surface area contributed by atoms with Gasteiger partial charge in [-0.2, -0.15) is 0 Å². The number of aryl methyl sites for hydroxylation is 2. The molecule has 6 nitrogen and oxygen atoms in total. The van der Waals surface area contributed by atoms with E-state index in [1.807, 2.05) is 57.2 Å². The van der Waals surface area contributed by atoms with Gasteiger partial charge in [0.05, 0.1) is 18.0 Å². The molecule has 0 aliphatic rings. The Hall–Kier alpha value is -2.54. The van der Waals surface area contributed by atoms with E-state index in [9.17, 15) is 13.2 Å². The van der Waals surface area contributed by atoms with E-state index >= 15 is 0 Å². The molecule has 0 aliphatic carbocycles. The minimum Gasteiger partial charge on any atom is -0.491 e. The average molecular weight is 391 g/mol. The van der Waals surface area contributed by atoms with Gasteiger partial charge in [0, 0.05) is 0 Å². The summed E-state index contributed by atoms with van der Waals surface area (Å²) in [5, 5.41) is 2.78. The van der Waals surface area contributed by atoms with Gasteiger partial charge in [-0.05, 0) is 44.5 Å². The van der Waals surface area contributed by atoms with Crippen LogP contribution in [0.4, 0.5) is 5.69 Å². The summed E-state index contributed by atoms with van der Waals surface area (Å²) in [5.41, 5.74) is 2.42. The molecule has 0 fully saturated rings. The lowest BCUT2D eigenvalue weighted by Crippen LogP contribution is -2.45. The monoisotopic (exact) mass is 390 g/mol. The number of anilines is 1. The molecule has 0 aromatic heterocycles. The highest BCUT2D eigenvalue weighted by atomic mass is 32.2. The van der Waals surface area contributed by atoms with Crippen molar-refractivity contribution in [3.63, 3.8) is 0 Å². The third-order valence-electron chi connectivity index (χ3n) is 4.00. The molecule has 0 unspecified atom stereocenters. The van der Waals surface area contributed by atoms with Crippen LogP contribution in [-0.4, -0.2) is 39.8 Å². The minimum absolute atomic E-state index is 0.267. The molecule has 0 radical (unpaired) electrons. The molecule has 2 aromatic rings. The first-order valence-electron chi connectivity index (χ1n) is 8.69. The van der Waals surface area contributed by atoms with E-state index in [0.717, 1.165) is 27.4 Å². The number of benzene rings is 2. The second-order valence-electron chi connectivity index (χ2n) is 6.65. The van der Waals surface area contributed by atoms with Crippen molar-refractivity contribution in [2.45, 2.75) is 26.8 Å². The summed E-state index contributed by atoms with van der Waals surface area (Å²) in [6, 6.07) is 14.4. The largest absolute Gasteiger partial charge is 0.491 e. The van der Waals surface area contributed by atoms with Gasteiger partial charge in [0.25, 0.3) is 0 Å². The average Bonchev–Trinajstić information content (AvgIpc) is 2.59. The van der Waals surface area contributed by atoms with E-state index in [2.05, 4.69) is 5.32 Å². The van der Waals surface area contributed by atoms with Crippen LogP contribution in [0.25, 0.3) is 0 Å². The molecular weight excluding hydrogens is 364 g/mol. The topological polar surface area (TPSA) is 75.7 Å². The number of sulfonamides is 1. The van der Waals surface area contributed by atoms with Crippen molar-refractivity contribution in [1.82, 2.24) is 5.32 Å². The molecule has 0 heterocycles. The molecule has 2 aromatic carbocycles. The summed E-state index contributed by atoms with van der Waals surface area (Å²) in [7, 11) is -3.59. The quantitative estimate of drug-likeness (QED) is 0.752. The first-order chi connectivity index (χ1) is 12.7. The van der Waals surface area contributed by atoms with Gasteiger partial charge in [0.1, 0.15) is 18.9 Å². The fraction of sp³-hybridized carbons (Fsp3) is 0.350. The van der Waals surface area contributed by atoms with Crippen LogP contribution in [-0.2, 0) is 14.8 Å². The first kappa shape index (κ1) is 20.8. The van der Waals surface area contributed by atoms with E-state index in [-0.39, 0.29) is 25.1 Å². The zero-order chi connectivity index (χ0) is 20.0. The second kappa shape index (κ2) is 8.90. The SMILES string of the molecule is Cc1ccc(OC[C@H](C)NC(=O)CN(c2ccccc2C)S(C)(=O)=O)cc1. The Morgan fingerprint density at radius 2 is 1.74 bits per heavy atom. The van der Waals surface area contributed by atoms with Crippen molar-refractivity contribution in [2.75, 3.05) is 23.7 Å². The molecule has 1 atom stereocenters. The van der Waals surface area contributed by atoms with Gasteiger partial charge >= 0.3 is 0 Å². The van der Waals surface area contributed by atoms with E-state index < -0.39 is 10.0 Å². The molecule has 0 saturated carbocycles. The second-order valence-corrected chi connectivity index (χ2v) is 8.56. The zero-order valence-corrected chi connectivity index (χ0v) is 16.9. The van der Waals surface area contributed by atoms with Crippen LogP contribution in [0.3, 0.4) is 0 Å². The Labute approximate surface area is 161 Å². The van der Waals surface area contributed by atoms with E-state index in [0.29, 0.717) is 5.69 Å². The smallest absolute Gasteiger partial charge is 0.241 e. The van der Waals surface area contributed by atoms with E-state index in [1.54, 1.807) is 12.1 Å². The Balaban J connectivity index is 1.97. The van der Waals surface area contributed by atoms with Crippen molar-refractivity contribution in [3.8, 4) is 5.75 Å². The van der Waals surface area contributed by atoms with Gasteiger partial charge < -0.3 is 10.1 Å². The van der Waals surface area contributed by atoms with Crippen LogP contribution in [0.2, 0.25) is 0 Å². The van der Waals surface area contributed by atoms with Gasteiger partial charge in [-0.3, -0.25) is 9.10 Å². The number of ether oxygens (including phenoxy) is 1. The molecule has 0 saturated heterocycles. The summed E-state index contributed by atoms with van der Waals surface area (Å²) >= 11 is 0. The summed E-state index contributed by atoms with van der Waals surface area (Å²) < 4.78 is 31.1. The molecule has 0 spiro atoms. The van der Waals surface area contributed by atoms with E-state index in [1.165, 1.54) is 0 Å². The molecule has 0 aliphatic heterocycles. The van der Waals surface area contributed by atoms with Crippen LogP contribution >= 0.6 is 0 Å². The van der Waals surface area contributed by atoms with Crippen LogP contribution in [0, 0.1) is 13.8 Å². The maximum atomic E-state index is 12.4. The van der Waals surface area contributed by atoms with Crippen molar-refractivity contribution >= 4 is 21.6 Å². The molecule has 146 valence electrons. The van der Waals surface area contributed by atoms with Crippen LogP contribution in [0.1, 0.15) is 18.1 Å². The number of nitrogens with zero attached hydrogens (tertiary/aromatic N) is 1. The number of hydrogen-bond acceptors (Lipinski definition) is 4. The fourth-order valence-corrected chi connectivity index (χ4v) is 3.49. The highest BCUT2D eigenvalue weighted by molar-refractivity contribution is 7.92. The summed E-state index contributed by atoms with van der Waals surface area (Å²) in [6.45, 7) is 5.62. The Bertz CT molecular complexity index is 879. The predicted octanol–water partition coefficient (Wildman–Crippen LogP) is 2.65. The fourth-order valence-electron chi connectivity index (χ4n) is 2.57. The van der Waals surface area contributed by atoms with Gasteiger partial charge in [-0.25, -0.2) is 8.42 Å². The van der Waals surface area contributed by atoms with Crippen molar-refractivity contribution in [2.24, 2.45) is 0 Å². The normalized spacial score (nSPS) is 12.3. The highest BCUT2D eigenvalue weighted by Crippen LogP contribution is 2.21. The lowest BCUT2D eigenvalue weighted by Gasteiger charge is -2.24. The Morgan fingerprint density at radius 1 is 1.11 bits per heavy atom. The standard InChI is InChI=1S/C20H26N2O4S/c1-15-9-11-18(12-10-15)26-14-17(3)21-20(23)13-22(27(4,24)25)19-8-6-5-7-16(19)2/h5-12,17H,13-14H2,1-4H3,(H,21,23)/t17-/m0/s1. The molecule has 2 rings (SSSR count). The molecule has 27 heavy (non-hydrogen) atoms.